The molecule has 3 unspecified atom stereocenters. The second kappa shape index (κ2) is 9.28. The van der Waals surface area contributed by atoms with E-state index < -0.39 is 45.3 Å². The number of aliphatic hydroxyl groups excluding tert-OH is 1. The normalized spacial score (nSPS) is 19.4. The van der Waals surface area contributed by atoms with Crippen LogP contribution in [0.5, 0.6) is 0 Å². The van der Waals surface area contributed by atoms with Crippen molar-refractivity contribution in [2.75, 3.05) is 29.4 Å². The quantitative estimate of drug-likeness (QED) is 0.524. The summed E-state index contributed by atoms with van der Waals surface area (Å²) in [6, 6.07) is 3.48. The predicted molar refractivity (Wildman–Crippen MR) is 109 cm³/mol. The smallest absolute Gasteiger partial charge is 0.433 e. The van der Waals surface area contributed by atoms with Crippen LogP contribution in [0.1, 0.15) is 38.1 Å². The molecule has 3 rings (SSSR count). The van der Waals surface area contributed by atoms with Crippen molar-refractivity contribution >= 4 is 22.7 Å². The molecule has 2 aromatic rings. The lowest BCUT2D eigenvalue weighted by Crippen LogP contribution is -2.56. The van der Waals surface area contributed by atoms with Crippen molar-refractivity contribution in [3.8, 4) is 0 Å². The van der Waals surface area contributed by atoms with Gasteiger partial charge in [-0.1, -0.05) is 13.8 Å². The molecule has 1 aromatic carbocycles. The predicted octanol–water partition coefficient (Wildman–Crippen LogP) is 3.28. The molecule has 0 aliphatic carbocycles. The number of aromatic nitrogens is 2. The van der Waals surface area contributed by atoms with Crippen molar-refractivity contribution < 1.29 is 31.4 Å². The molecule has 1 aliphatic rings. The van der Waals surface area contributed by atoms with Gasteiger partial charge in [-0.25, -0.2) is 14.4 Å². The van der Waals surface area contributed by atoms with Crippen LogP contribution >= 0.6 is 0 Å². The Kier molecular flexibility index (Phi) is 7.06. The first-order valence-corrected chi connectivity index (χ1v) is 11.0. The Morgan fingerprint density at radius 2 is 1.94 bits per heavy atom. The molecule has 1 fully saturated rings. The van der Waals surface area contributed by atoms with Gasteiger partial charge in [0.2, 0.25) is 5.95 Å². The Labute approximate surface area is 185 Å². The molecule has 1 aliphatic heterocycles. The average Bonchev–Trinajstić information content (AvgIpc) is 2.72. The number of hydrogen-bond donors (Lipinski definition) is 1. The van der Waals surface area contributed by atoms with Gasteiger partial charge in [-0.2, -0.15) is 13.2 Å². The number of hydrogen-bond acceptors (Lipinski definition) is 7. The molecule has 0 radical (unpaired) electrons. The van der Waals surface area contributed by atoms with E-state index in [0.717, 1.165) is 12.3 Å². The van der Waals surface area contributed by atoms with Crippen LogP contribution in [-0.4, -0.2) is 49.5 Å². The number of aliphatic hydroxyl groups is 1. The Morgan fingerprint density at radius 3 is 2.50 bits per heavy atom. The van der Waals surface area contributed by atoms with Crippen LogP contribution in [0.2, 0.25) is 0 Å². The Bertz CT molecular complexity index is 1000. The zero-order valence-corrected chi connectivity index (χ0v) is 18.5. The third-order valence-electron chi connectivity index (χ3n) is 5.43. The fraction of sp³-hybridized carbons (Fsp3) is 0.500. The van der Waals surface area contributed by atoms with E-state index in [2.05, 4.69) is 9.97 Å². The van der Waals surface area contributed by atoms with E-state index in [9.17, 15) is 31.4 Å². The zero-order chi connectivity index (χ0) is 23.8. The maximum atomic E-state index is 13.8. The Hall–Kier alpha value is -2.31. The standard InChI is InChI=1S/C20H24F4N4O3S/c1-11(2)16-10-27(13-4-5-15(21)17(8-13)32(30)31)6-7-28(16)19-25-9-14(12(3)29)18(26-19)20(22,23)24/h4-5,8-9,11-12,16,29H,6-7,10H2,1-3H3,(H,30,31)/p-1. The van der Waals surface area contributed by atoms with E-state index in [1.54, 1.807) is 4.90 Å². The number of piperazine rings is 1. The molecule has 0 amide bonds. The Balaban J connectivity index is 1.93. The van der Waals surface area contributed by atoms with Gasteiger partial charge >= 0.3 is 6.18 Å². The fourth-order valence-electron chi connectivity index (χ4n) is 3.73. The van der Waals surface area contributed by atoms with E-state index in [1.807, 2.05) is 18.7 Å². The fourth-order valence-corrected chi connectivity index (χ4v) is 4.18. The van der Waals surface area contributed by atoms with Crippen LogP contribution in [0.25, 0.3) is 0 Å². The van der Waals surface area contributed by atoms with Gasteiger partial charge in [0.15, 0.2) is 5.69 Å². The van der Waals surface area contributed by atoms with Crippen LogP contribution in [0, 0.1) is 11.7 Å². The van der Waals surface area contributed by atoms with Gasteiger partial charge in [0.25, 0.3) is 0 Å². The highest BCUT2D eigenvalue weighted by Gasteiger charge is 2.39. The lowest BCUT2D eigenvalue weighted by Gasteiger charge is -2.44. The topological polar surface area (TPSA) is 92.6 Å². The second-order valence-electron chi connectivity index (χ2n) is 7.95. The highest BCUT2D eigenvalue weighted by atomic mass is 32.2. The monoisotopic (exact) mass is 475 g/mol. The van der Waals surface area contributed by atoms with Gasteiger partial charge in [-0.3, -0.25) is 4.21 Å². The largest absolute Gasteiger partial charge is 0.768 e. The van der Waals surface area contributed by atoms with Crippen molar-refractivity contribution in [1.82, 2.24) is 9.97 Å². The molecule has 12 heteroatoms. The van der Waals surface area contributed by atoms with Gasteiger partial charge < -0.3 is 19.5 Å². The number of benzene rings is 1. The van der Waals surface area contributed by atoms with Gasteiger partial charge in [-0.15, -0.1) is 0 Å². The van der Waals surface area contributed by atoms with Crippen molar-refractivity contribution in [3.63, 3.8) is 0 Å². The third-order valence-corrected chi connectivity index (χ3v) is 6.10. The molecule has 1 N–H and O–H groups in total. The molecule has 1 aromatic heterocycles. The highest BCUT2D eigenvalue weighted by molar-refractivity contribution is 7.79. The third kappa shape index (κ3) is 5.02. The minimum absolute atomic E-state index is 0.0132. The van der Waals surface area contributed by atoms with Gasteiger partial charge in [0, 0.05) is 37.1 Å². The second-order valence-corrected chi connectivity index (χ2v) is 8.86. The van der Waals surface area contributed by atoms with Crippen LogP contribution in [0.4, 0.5) is 29.2 Å². The molecular weight excluding hydrogens is 452 g/mol. The first kappa shape index (κ1) is 24.3. The molecule has 0 bridgehead atoms. The molecule has 0 spiro atoms. The summed E-state index contributed by atoms with van der Waals surface area (Å²) in [5, 5.41) is 9.68. The van der Waals surface area contributed by atoms with Gasteiger partial charge in [0.05, 0.1) is 17.0 Å². The number of alkyl halides is 3. The van der Waals surface area contributed by atoms with Crippen molar-refractivity contribution in [2.24, 2.45) is 5.92 Å². The van der Waals surface area contributed by atoms with Crippen LogP contribution < -0.4 is 9.80 Å². The van der Waals surface area contributed by atoms with E-state index in [4.69, 9.17) is 0 Å². The molecule has 7 nitrogen and oxygen atoms in total. The lowest BCUT2D eigenvalue weighted by atomic mass is 9.99. The summed E-state index contributed by atoms with van der Waals surface area (Å²) in [6.07, 6.45) is -5.13. The van der Waals surface area contributed by atoms with E-state index >= 15 is 0 Å². The number of nitrogens with zero attached hydrogens (tertiary/aromatic N) is 4. The highest BCUT2D eigenvalue weighted by Crippen LogP contribution is 2.35. The van der Waals surface area contributed by atoms with Crippen LogP contribution in [-0.2, 0) is 17.3 Å². The minimum Gasteiger partial charge on any atom is -0.768 e. The molecule has 0 saturated carbocycles. The molecule has 176 valence electrons. The van der Waals surface area contributed by atoms with E-state index in [-0.39, 0.29) is 24.5 Å². The van der Waals surface area contributed by atoms with Gasteiger partial charge in [0.1, 0.15) is 5.82 Å². The first-order chi connectivity index (χ1) is 14.9. The van der Waals surface area contributed by atoms with Crippen molar-refractivity contribution in [2.45, 2.75) is 44.0 Å². The van der Waals surface area contributed by atoms with Crippen molar-refractivity contribution in [1.29, 1.82) is 0 Å². The maximum Gasteiger partial charge on any atom is 0.433 e. The zero-order valence-electron chi connectivity index (χ0n) is 17.6. The number of anilines is 2. The summed E-state index contributed by atoms with van der Waals surface area (Å²) in [4.78, 5) is 10.9. The number of halogens is 4. The number of rotatable bonds is 5. The summed E-state index contributed by atoms with van der Waals surface area (Å²) in [5.41, 5.74) is -1.08. The summed E-state index contributed by atoms with van der Waals surface area (Å²) < 4.78 is 76.8. The Morgan fingerprint density at radius 1 is 1.25 bits per heavy atom. The summed E-state index contributed by atoms with van der Waals surface area (Å²) in [5.74, 6) is -0.964. The molecular formula is C20H23F4N4O3S-. The van der Waals surface area contributed by atoms with Crippen LogP contribution in [0.15, 0.2) is 29.3 Å². The van der Waals surface area contributed by atoms with Crippen LogP contribution in [0.3, 0.4) is 0 Å². The molecule has 2 heterocycles. The maximum absolute atomic E-state index is 13.8. The first-order valence-electron chi connectivity index (χ1n) is 9.92. The summed E-state index contributed by atoms with van der Waals surface area (Å²) >= 11 is -2.74. The van der Waals surface area contributed by atoms with E-state index in [1.165, 1.54) is 19.1 Å². The van der Waals surface area contributed by atoms with Gasteiger partial charge in [-0.05, 0) is 42.1 Å². The summed E-state index contributed by atoms with van der Waals surface area (Å²) in [7, 11) is 0. The minimum atomic E-state index is -4.75. The van der Waals surface area contributed by atoms with Crippen molar-refractivity contribution in [3.05, 3.63) is 41.5 Å². The molecule has 32 heavy (non-hydrogen) atoms. The molecule has 3 atom stereocenters. The molecule has 1 saturated heterocycles. The lowest BCUT2D eigenvalue weighted by molar-refractivity contribution is -0.142. The summed E-state index contributed by atoms with van der Waals surface area (Å²) in [6.45, 7) is 5.97. The van der Waals surface area contributed by atoms with E-state index in [0.29, 0.717) is 18.8 Å². The average molecular weight is 475 g/mol. The SMILES string of the molecule is CC(O)c1cnc(N2CCN(c3ccc(F)c(S(=O)[O-])c3)CC2C(C)C)nc1C(F)(F)F.